The number of hydrogen-bond acceptors (Lipinski definition) is 4. The van der Waals surface area contributed by atoms with E-state index >= 15 is 0 Å². The first-order valence-electron chi connectivity index (χ1n) is 9.24. The molecule has 0 spiro atoms. The summed E-state index contributed by atoms with van der Waals surface area (Å²) in [5.74, 6) is -1.66. The molecular weight excluding hydrogens is 375 g/mol. The second-order valence-corrected chi connectivity index (χ2v) is 6.62. The number of nitrogens with zero attached hydrogens (tertiary/aromatic N) is 2. The third kappa shape index (κ3) is 4.62. The van der Waals surface area contributed by atoms with Crippen molar-refractivity contribution in [2.24, 2.45) is 7.05 Å². The SMILES string of the molecule is C=CCN(CC(=O)c1c(C)c(C(=O)OCC)n(C)c1C)C(=O)c1ccc(F)cc1. The fourth-order valence-corrected chi connectivity index (χ4v) is 3.28. The van der Waals surface area contributed by atoms with E-state index in [0.717, 1.165) is 0 Å². The van der Waals surface area contributed by atoms with Crippen LogP contribution in [0.5, 0.6) is 0 Å². The van der Waals surface area contributed by atoms with Gasteiger partial charge in [0, 0.05) is 30.4 Å². The third-order valence-electron chi connectivity index (χ3n) is 4.74. The Bertz CT molecular complexity index is 945. The van der Waals surface area contributed by atoms with Crippen molar-refractivity contribution in [1.82, 2.24) is 9.47 Å². The van der Waals surface area contributed by atoms with Crippen molar-refractivity contribution in [2.75, 3.05) is 19.7 Å². The Morgan fingerprint density at radius 1 is 1.21 bits per heavy atom. The van der Waals surface area contributed by atoms with Crippen molar-refractivity contribution < 1.29 is 23.5 Å². The van der Waals surface area contributed by atoms with Crippen LogP contribution in [0.4, 0.5) is 4.39 Å². The summed E-state index contributed by atoms with van der Waals surface area (Å²) in [6, 6.07) is 5.13. The fraction of sp³-hybridized carbons (Fsp3) is 0.318. The topological polar surface area (TPSA) is 68.6 Å². The number of halogens is 1. The van der Waals surface area contributed by atoms with E-state index in [2.05, 4.69) is 6.58 Å². The number of amides is 1. The maximum atomic E-state index is 13.1. The van der Waals surface area contributed by atoms with Crippen molar-refractivity contribution in [1.29, 1.82) is 0 Å². The predicted molar refractivity (Wildman–Crippen MR) is 108 cm³/mol. The van der Waals surface area contributed by atoms with Crippen LogP contribution in [0.1, 0.15) is 49.4 Å². The monoisotopic (exact) mass is 400 g/mol. The lowest BCUT2D eigenvalue weighted by atomic mass is 10.0. The molecule has 0 unspecified atom stereocenters. The van der Waals surface area contributed by atoms with Crippen molar-refractivity contribution >= 4 is 17.7 Å². The molecule has 29 heavy (non-hydrogen) atoms. The lowest BCUT2D eigenvalue weighted by molar-refractivity contribution is 0.0514. The molecule has 1 aromatic carbocycles. The van der Waals surface area contributed by atoms with Crippen LogP contribution in [0.15, 0.2) is 36.9 Å². The first kappa shape index (κ1) is 22.1. The molecule has 0 radical (unpaired) electrons. The van der Waals surface area contributed by atoms with Crippen LogP contribution in [-0.4, -0.2) is 46.8 Å². The van der Waals surface area contributed by atoms with E-state index in [1.54, 1.807) is 32.4 Å². The quantitative estimate of drug-likeness (QED) is 0.387. The molecule has 0 fully saturated rings. The summed E-state index contributed by atoms with van der Waals surface area (Å²) in [6.07, 6.45) is 1.52. The highest BCUT2D eigenvalue weighted by atomic mass is 19.1. The van der Waals surface area contributed by atoms with Gasteiger partial charge in [-0.15, -0.1) is 6.58 Å². The molecule has 1 aromatic heterocycles. The first-order chi connectivity index (χ1) is 13.7. The molecule has 6 nitrogen and oxygen atoms in total. The van der Waals surface area contributed by atoms with Crippen LogP contribution in [-0.2, 0) is 11.8 Å². The van der Waals surface area contributed by atoms with E-state index < -0.39 is 17.7 Å². The van der Waals surface area contributed by atoms with E-state index in [1.807, 2.05) is 0 Å². The van der Waals surface area contributed by atoms with Gasteiger partial charge in [-0.05, 0) is 50.6 Å². The van der Waals surface area contributed by atoms with Gasteiger partial charge in [0.05, 0.1) is 13.2 Å². The van der Waals surface area contributed by atoms with E-state index in [1.165, 1.54) is 35.2 Å². The molecule has 0 N–H and O–H groups in total. The number of esters is 1. The number of carbonyl (C=O) groups excluding carboxylic acids is 3. The Morgan fingerprint density at radius 3 is 2.38 bits per heavy atom. The van der Waals surface area contributed by atoms with Gasteiger partial charge >= 0.3 is 5.97 Å². The Morgan fingerprint density at radius 2 is 1.83 bits per heavy atom. The van der Waals surface area contributed by atoms with Crippen molar-refractivity contribution in [3.05, 3.63) is 70.8 Å². The number of benzene rings is 1. The zero-order valence-corrected chi connectivity index (χ0v) is 17.1. The Balaban J connectivity index is 2.34. The molecule has 0 aliphatic rings. The first-order valence-corrected chi connectivity index (χ1v) is 9.24. The molecule has 0 saturated heterocycles. The average molecular weight is 400 g/mol. The number of ketones is 1. The van der Waals surface area contributed by atoms with Crippen molar-refractivity contribution in [3.63, 3.8) is 0 Å². The number of carbonyl (C=O) groups is 3. The van der Waals surface area contributed by atoms with Crippen LogP contribution in [0.25, 0.3) is 0 Å². The highest BCUT2D eigenvalue weighted by Gasteiger charge is 2.27. The highest BCUT2D eigenvalue weighted by Crippen LogP contribution is 2.23. The summed E-state index contributed by atoms with van der Waals surface area (Å²) in [5, 5.41) is 0. The van der Waals surface area contributed by atoms with E-state index in [9.17, 15) is 18.8 Å². The Labute approximate surface area is 169 Å². The van der Waals surface area contributed by atoms with Gasteiger partial charge in [0.15, 0.2) is 5.78 Å². The lowest BCUT2D eigenvalue weighted by Crippen LogP contribution is -2.36. The molecule has 0 bridgehead atoms. The van der Waals surface area contributed by atoms with Gasteiger partial charge in [0.25, 0.3) is 5.91 Å². The second kappa shape index (κ2) is 9.32. The number of hydrogen-bond donors (Lipinski definition) is 0. The van der Waals surface area contributed by atoms with Crippen LogP contribution < -0.4 is 0 Å². The van der Waals surface area contributed by atoms with Gasteiger partial charge in [0.1, 0.15) is 11.5 Å². The smallest absolute Gasteiger partial charge is 0.355 e. The molecule has 154 valence electrons. The fourth-order valence-electron chi connectivity index (χ4n) is 3.28. The molecule has 0 saturated carbocycles. The van der Waals surface area contributed by atoms with E-state index in [-0.39, 0.29) is 31.0 Å². The minimum atomic E-state index is -0.500. The van der Waals surface area contributed by atoms with Gasteiger partial charge in [-0.2, -0.15) is 0 Å². The lowest BCUT2D eigenvalue weighted by Gasteiger charge is -2.20. The molecule has 2 rings (SSSR count). The maximum absolute atomic E-state index is 13.1. The number of Topliss-reactive ketones (excluding diaryl/α,β-unsaturated/α-hetero) is 1. The largest absolute Gasteiger partial charge is 0.461 e. The van der Waals surface area contributed by atoms with Gasteiger partial charge in [-0.1, -0.05) is 6.08 Å². The predicted octanol–water partition coefficient (Wildman–Crippen LogP) is 3.47. The number of rotatable bonds is 8. The van der Waals surface area contributed by atoms with Gasteiger partial charge < -0.3 is 14.2 Å². The summed E-state index contributed by atoms with van der Waals surface area (Å²) in [4.78, 5) is 39.4. The molecule has 0 aliphatic carbocycles. The molecule has 2 aromatic rings. The van der Waals surface area contributed by atoms with Gasteiger partial charge in [0.2, 0.25) is 0 Å². The summed E-state index contributed by atoms with van der Waals surface area (Å²) in [7, 11) is 1.69. The molecular formula is C22H25FN2O4. The third-order valence-corrected chi connectivity index (χ3v) is 4.74. The summed E-state index contributed by atoms with van der Waals surface area (Å²) in [5.41, 5.74) is 2.10. The molecule has 0 aliphatic heterocycles. The minimum Gasteiger partial charge on any atom is -0.461 e. The van der Waals surface area contributed by atoms with Crippen molar-refractivity contribution in [2.45, 2.75) is 20.8 Å². The van der Waals surface area contributed by atoms with Crippen LogP contribution in [0.3, 0.4) is 0 Å². The van der Waals surface area contributed by atoms with Crippen molar-refractivity contribution in [3.8, 4) is 0 Å². The highest BCUT2D eigenvalue weighted by molar-refractivity contribution is 6.06. The maximum Gasteiger partial charge on any atom is 0.355 e. The van der Waals surface area contributed by atoms with Crippen LogP contribution in [0.2, 0.25) is 0 Å². The Hall–Kier alpha value is -3.22. The number of aromatic nitrogens is 1. The summed E-state index contributed by atoms with van der Waals surface area (Å²) < 4.78 is 19.9. The summed E-state index contributed by atoms with van der Waals surface area (Å²) >= 11 is 0. The molecule has 0 atom stereocenters. The molecule has 1 amide bonds. The van der Waals surface area contributed by atoms with Gasteiger partial charge in [-0.3, -0.25) is 9.59 Å². The normalized spacial score (nSPS) is 10.5. The zero-order chi connectivity index (χ0) is 21.7. The molecule has 7 heteroatoms. The second-order valence-electron chi connectivity index (χ2n) is 6.62. The van der Waals surface area contributed by atoms with Crippen LogP contribution in [0, 0.1) is 19.7 Å². The zero-order valence-electron chi connectivity index (χ0n) is 17.1. The van der Waals surface area contributed by atoms with E-state index in [0.29, 0.717) is 22.5 Å². The minimum absolute atomic E-state index is 0.150. The average Bonchev–Trinajstić information content (AvgIpc) is 2.90. The number of ether oxygens (including phenoxy) is 1. The van der Waals surface area contributed by atoms with Crippen LogP contribution >= 0.6 is 0 Å². The summed E-state index contributed by atoms with van der Waals surface area (Å²) in [6.45, 7) is 8.95. The standard InChI is InChI=1S/C22H25FN2O4/c1-6-12-25(21(27)16-8-10-17(23)11-9-16)13-18(26)19-14(3)20(22(28)29-7-2)24(5)15(19)4/h6,8-11H,1,7,12-13H2,2-5H3. The van der Waals surface area contributed by atoms with Gasteiger partial charge in [-0.25, -0.2) is 9.18 Å². The van der Waals surface area contributed by atoms with E-state index in [4.69, 9.17) is 4.74 Å². The Kier molecular flexibility index (Phi) is 7.09. The molecule has 1 heterocycles.